The summed E-state index contributed by atoms with van der Waals surface area (Å²) in [5.41, 5.74) is 0. The number of ether oxygens (including phenoxy) is 3. The molecule has 1 rings (SSSR count). The van der Waals surface area contributed by atoms with Crippen LogP contribution in [0.2, 0.25) is 18.1 Å². The summed E-state index contributed by atoms with van der Waals surface area (Å²) in [4.78, 5) is 12.1. The lowest BCUT2D eigenvalue weighted by atomic mass is 10.00. The van der Waals surface area contributed by atoms with Gasteiger partial charge in [0.15, 0.2) is 14.1 Å². The summed E-state index contributed by atoms with van der Waals surface area (Å²) in [5, 5.41) is 9.38. The molecular weight excluding hydrogens is 472 g/mol. The predicted molar refractivity (Wildman–Crippen MR) is 150 cm³/mol. The van der Waals surface area contributed by atoms with E-state index in [0.717, 1.165) is 25.7 Å². The minimum atomic E-state index is -2.12. The van der Waals surface area contributed by atoms with E-state index in [1.807, 2.05) is 26.8 Å². The first-order valence-electron chi connectivity index (χ1n) is 14.2. The van der Waals surface area contributed by atoms with Gasteiger partial charge in [0.2, 0.25) is 0 Å². The molecule has 1 N–H and O–H groups in total. The van der Waals surface area contributed by atoms with Crippen LogP contribution >= 0.6 is 0 Å². The maximum atomic E-state index is 12.1. The molecule has 0 bridgehead atoms. The zero-order valence-electron chi connectivity index (χ0n) is 24.7. The quantitative estimate of drug-likeness (QED) is 0.0924. The SMILES string of the molecule is CCOC(=O)/C=C/[C@@H](O[Si](C)(C)C(C)(C)C)[C@H]1OC(C)(C)O[C@@H]1CCCCCCCCCC[C@H](C)O. The normalized spacial score (nSPS) is 22.2. The molecule has 0 aromatic heterocycles. The third kappa shape index (κ3) is 12.7. The molecule has 1 aliphatic heterocycles. The highest BCUT2D eigenvalue weighted by molar-refractivity contribution is 6.74. The summed E-state index contributed by atoms with van der Waals surface area (Å²) in [7, 11) is -2.12. The summed E-state index contributed by atoms with van der Waals surface area (Å²) in [6.45, 7) is 19.0. The van der Waals surface area contributed by atoms with Gasteiger partial charge in [-0.05, 0) is 64.7 Å². The van der Waals surface area contributed by atoms with Crippen molar-refractivity contribution in [2.75, 3.05) is 6.61 Å². The van der Waals surface area contributed by atoms with E-state index in [9.17, 15) is 9.90 Å². The van der Waals surface area contributed by atoms with Gasteiger partial charge in [-0.2, -0.15) is 0 Å². The van der Waals surface area contributed by atoms with E-state index in [2.05, 4.69) is 33.9 Å². The average molecular weight is 529 g/mol. The second-order valence-electron chi connectivity index (χ2n) is 12.3. The smallest absolute Gasteiger partial charge is 0.330 e. The summed E-state index contributed by atoms with van der Waals surface area (Å²) < 4.78 is 24.6. The van der Waals surface area contributed by atoms with Gasteiger partial charge in [0.1, 0.15) is 6.10 Å². The van der Waals surface area contributed by atoms with Crippen LogP contribution in [-0.4, -0.2) is 56.2 Å². The molecule has 0 saturated carbocycles. The average Bonchev–Trinajstić information content (AvgIpc) is 3.05. The first-order valence-corrected chi connectivity index (χ1v) is 17.2. The lowest BCUT2D eigenvalue weighted by Gasteiger charge is -2.40. The van der Waals surface area contributed by atoms with E-state index in [-0.39, 0.29) is 35.4 Å². The minimum absolute atomic E-state index is 0.0316. The molecular formula is C29H56O6Si. The van der Waals surface area contributed by atoms with Crippen LogP contribution < -0.4 is 0 Å². The molecule has 0 radical (unpaired) electrons. The van der Waals surface area contributed by atoms with E-state index in [0.29, 0.717) is 6.61 Å². The molecule has 1 aliphatic rings. The number of carbonyl (C=O) groups is 1. The molecule has 7 heteroatoms. The summed E-state index contributed by atoms with van der Waals surface area (Å²) >= 11 is 0. The molecule has 0 unspecified atom stereocenters. The Morgan fingerprint density at radius 2 is 1.58 bits per heavy atom. The molecule has 212 valence electrons. The van der Waals surface area contributed by atoms with E-state index in [1.54, 1.807) is 6.92 Å². The van der Waals surface area contributed by atoms with Crippen molar-refractivity contribution >= 4 is 14.3 Å². The number of aliphatic hydroxyl groups excluding tert-OH is 1. The van der Waals surface area contributed by atoms with Crippen LogP contribution in [-0.2, 0) is 23.4 Å². The molecule has 1 saturated heterocycles. The molecule has 1 heterocycles. The van der Waals surface area contributed by atoms with Gasteiger partial charge in [-0.1, -0.05) is 72.1 Å². The van der Waals surface area contributed by atoms with Crippen LogP contribution in [0.15, 0.2) is 12.2 Å². The highest BCUT2D eigenvalue weighted by Gasteiger charge is 2.48. The van der Waals surface area contributed by atoms with Gasteiger partial charge in [0, 0.05) is 6.08 Å². The number of carbonyl (C=O) groups excluding carboxylic acids is 1. The van der Waals surface area contributed by atoms with Crippen molar-refractivity contribution in [1.82, 2.24) is 0 Å². The Balaban J connectivity index is 2.71. The molecule has 36 heavy (non-hydrogen) atoms. The fraction of sp³-hybridized carbons (Fsp3) is 0.897. The van der Waals surface area contributed by atoms with Gasteiger partial charge in [0.05, 0.1) is 24.9 Å². The summed E-state index contributed by atoms with van der Waals surface area (Å²) in [6.07, 6.45) is 13.8. The lowest BCUT2D eigenvalue weighted by Crippen LogP contribution is -2.48. The number of hydrogen-bond acceptors (Lipinski definition) is 6. The van der Waals surface area contributed by atoms with Crippen LogP contribution in [0.3, 0.4) is 0 Å². The zero-order valence-corrected chi connectivity index (χ0v) is 25.7. The predicted octanol–water partition coefficient (Wildman–Crippen LogP) is 7.30. The van der Waals surface area contributed by atoms with Gasteiger partial charge in [-0.3, -0.25) is 0 Å². The van der Waals surface area contributed by atoms with Crippen LogP contribution in [0.4, 0.5) is 0 Å². The van der Waals surface area contributed by atoms with E-state index in [1.165, 1.54) is 44.6 Å². The van der Waals surface area contributed by atoms with Crippen LogP contribution in [0.25, 0.3) is 0 Å². The van der Waals surface area contributed by atoms with Gasteiger partial charge in [-0.25, -0.2) is 4.79 Å². The number of unbranched alkanes of at least 4 members (excludes halogenated alkanes) is 7. The van der Waals surface area contributed by atoms with Crippen LogP contribution in [0, 0.1) is 0 Å². The first-order chi connectivity index (χ1) is 16.7. The standard InChI is InChI=1S/C29H56O6Si/c1-10-32-26(31)22-21-25(35-36(8,9)28(3,4)5)27-24(33-29(6,7)34-27)20-18-16-14-12-11-13-15-17-19-23(2)30/h21-25,27,30H,10-20H2,1-9H3/b22-21+/t23-,24+,25+,27-/m0/s1. The van der Waals surface area contributed by atoms with E-state index >= 15 is 0 Å². The number of aliphatic hydroxyl groups is 1. The molecule has 0 aromatic carbocycles. The third-order valence-corrected chi connectivity index (χ3v) is 11.8. The van der Waals surface area contributed by atoms with Crippen molar-refractivity contribution in [2.45, 2.75) is 161 Å². The highest BCUT2D eigenvalue weighted by Crippen LogP contribution is 2.40. The largest absolute Gasteiger partial charge is 0.463 e. The van der Waals surface area contributed by atoms with Crippen molar-refractivity contribution < 1.29 is 28.5 Å². The van der Waals surface area contributed by atoms with Gasteiger partial charge in [0.25, 0.3) is 0 Å². The van der Waals surface area contributed by atoms with Crippen LogP contribution in [0.5, 0.6) is 0 Å². The zero-order chi connectivity index (χ0) is 27.4. The molecule has 6 nitrogen and oxygen atoms in total. The third-order valence-electron chi connectivity index (χ3n) is 7.35. The first kappa shape index (κ1) is 33.3. The Morgan fingerprint density at radius 3 is 2.11 bits per heavy atom. The highest BCUT2D eigenvalue weighted by atomic mass is 28.4. The Morgan fingerprint density at radius 1 is 1.03 bits per heavy atom. The Hall–Kier alpha value is -0.733. The maximum absolute atomic E-state index is 12.1. The molecule has 4 atom stereocenters. The molecule has 1 fully saturated rings. The number of rotatable bonds is 17. The fourth-order valence-corrected chi connectivity index (χ4v) is 5.55. The number of esters is 1. The van der Waals surface area contributed by atoms with Crippen molar-refractivity contribution in [1.29, 1.82) is 0 Å². The van der Waals surface area contributed by atoms with Crippen molar-refractivity contribution in [3.63, 3.8) is 0 Å². The molecule has 0 aromatic rings. The topological polar surface area (TPSA) is 74.2 Å². The van der Waals surface area contributed by atoms with E-state index in [4.69, 9.17) is 18.6 Å². The summed E-state index contributed by atoms with van der Waals surface area (Å²) in [6, 6.07) is 0. The van der Waals surface area contributed by atoms with Crippen molar-refractivity contribution in [3.8, 4) is 0 Å². The van der Waals surface area contributed by atoms with Crippen LogP contribution in [0.1, 0.15) is 113 Å². The molecule has 0 aliphatic carbocycles. The monoisotopic (exact) mass is 528 g/mol. The Kier molecular flexibility index (Phi) is 14.5. The fourth-order valence-electron chi connectivity index (χ4n) is 4.31. The number of hydrogen-bond donors (Lipinski definition) is 1. The Bertz CT molecular complexity index is 653. The van der Waals surface area contributed by atoms with Gasteiger partial charge < -0.3 is 23.7 Å². The van der Waals surface area contributed by atoms with E-state index < -0.39 is 14.1 Å². The second-order valence-corrected chi connectivity index (χ2v) is 17.1. The maximum Gasteiger partial charge on any atom is 0.330 e. The van der Waals surface area contributed by atoms with Gasteiger partial charge in [-0.15, -0.1) is 0 Å². The second kappa shape index (κ2) is 15.6. The molecule has 0 spiro atoms. The van der Waals surface area contributed by atoms with Crippen molar-refractivity contribution in [2.24, 2.45) is 0 Å². The van der Waals surface area contributed by atoms with Crippen molar-refractivity contribution in [3.05, 3.63) is 12.2 Å². The minimum Gasteiger partial charge on any atom is -0.463 e. The Labute approximate surface area is 222 Å². The summed E-state index contributed by atoms with van der Waals surface area (Å²) in [5.74, 6) is -1.05. The molecule has 0 amide bonds. The van der Waals surface area contributed by atoms with Gasteiger partial charge >= 0.3 is 5.97 Å². The lowest BCUT2D eigenvalue weighted by molar-refractivity contribution is -0.152.